The summed E-state index contributed by atoms with van der Waals surface area (Å²) in [5.41, 5.74) is 0. The van der Waals surface area contributed by atoms with Crippen molar-refractivity contribution in [1.82, 2.24) is 5.32 Å². The summed E-state index contributed by atoms with van der Waals surface area (Å²) in [7, 11) is 0. The summed E-state index contributed by atoms with van der Waals surface area (Å²) in [5, 5.41) is 3.73. The summed E-state index contributed by atoms with van der Waals surface area (Å²) in [5.74, 6) is 0.987. The fourth-order valence-corrected chi connectivity index (χ4v) is 2.90. The van der Waals surface area contributed by atoms with Crippen molar-refractivity contribution in [2.45, 2.75) is 63.8 Å². The summed E-state index contributed by atoms with van der Waals surface area (Å²) >= 11 is 0. The summed E-state index contributed by atoms with van der Waals surface area (Å²) in [6.45, 7) is 1.97. The standard InChI is InChI=1S/C18H29NO/c1-2-5-11-17(12-6-3-1)19-15-9-10-16-20-18-13-7-4-8-14-18/h4,7-8,13-14,17,19H,1-3,5-6,9-12,15-16H2. The molecule has 0 amide bonds. The van der Waals surface area contributed by atoms with E-state index in [0.29, 0.717) is 0 Å². The lowest BCUT2D eigenvalue weighted by Gasteiger charge is -2.21. The van der Waals surface area contributed by atoms with Crippen LogP contribution in [0.1, 0.15) is 57.8 Å². The molecule has 1 saturated carbocycles. The Kier molecular flexibility index (Phi) is 7.54. The van der Waals surface area contributed by atoms with Crippen molar-refractivity contribution in [3.63, 3.8) is 0 Å². The van der Waals surface area contributed by atoms with E-state index < -0.39 is 0 Å². The smallest absolute Gasteiger partial charge is 0.119 e. The van der Waals surface area contributed by atoms with Crippen LogP contribution in [0.2, 0.25) is 0 Å². The average molecular weight is 275 g/mol. The van der Waals surface area contributed by atoms with Crippen molar-refractivity contribution >= 4 is 0 Å². The van der Waals surface area contributed by atoms with Crippen LogP contribution < -0.4 is 10.1 Å². The van der Waals surface area contributed by atoms with Crippen LogP contribution in [-0.4, -0.2) is 19.2 Å². The molecule has 0 atom stereocenters. The van der Waals surface area contributed by atoms with E-state index in [1.165, 1.54) is 51.4 Å². The summed E-state index contributed by atoms with van der Waals surface area (Å²) < 4.78 is 5.71. The monoisotopic (exact) mass is 275 g/mol. The molecule has 1 aliphatic carbocycles. The van der Waals surface area contributed by atoms with Gasteiger partial charge in [0.15, 0.2) is 0 Å². The Balaban J connectivity index is 1.48. The Morgan fingerprint density at radius 2 is 1.60 bits per heavy atom. The molecule has 0 saturated heterocycles. The molecular formula is C18H29NO. The molecule has 1 N–H and O–H groups in total. The lowest BCUT2D eigenvalue weighted by molar-refractivity contribution is 0.302. The number of benzene rings is 1. The second-order valence-corrected chi connectivity index (χ2v) is 5.86. The Morgan fingerprint density at radius 3 is 2.35 bits per heavy atom. The van der Waals surface area contributed by atoms with Gasteiger partial charge >= 0.3 is 0 Å². The third kappa shape index (κ3) is 6.42. The van der Waals surface area contributed by atoms with Crippen LogP contribution >= 0.6 is 0 Å². The van der Waals surface area contributed by atoms with Gasteiger partial charge in [0.1, 0.15) is 5.75 Å². The second kappa shape index (κ2) is 9.82. The Morgan fingerprint density at radius 1 is 0.900 bits per heavy atom. The molecule has 2 heteroatoms. The predicted octanol–water partition coefficient (Wildman–Crippen LogP) is 4.55. The van der Waals surface area contributed by atoms with Crippen LogP contribution in [-0.2, 0) is 0 Å². The van der Waals surface area contributed by atoms with Crippen molar-refractivity contribution < 1.29 is 4.74 Å². The van der Waals surface area contributed by atoms with Crippen LogP contribution in [0, 0.1) is 0 Å². The average Bonchev–Trinajstić information content (AvgIpc) is 2.45. The Bertz CT molecular complexity index is 331. The molecular weight excluding hydrogens is 246 g/mol. The first-order chi connectivity index (χ1) is 9.95. The van der Waals surface area contributed by atoms with E-state index >= 15 is 0 Å². The Hall–Kier alpha value is -1.02. The highest BCUT2D eigenvalue weighted by Crippen LogP contribution is 2.17. The maximum Gasteiger partial charge on any atom is 0.119 e. The van der Waals surface area contributed by atoms with E-state index in [4.69, 9.17) is 4.74 Å². The fraction of sp³-hybridized carbons (Fsp3) is 0.667. The topological polar surface area (TPSA) is 21.3 Å². The zero-order chi connectivity index (χ0) is 13.9. The van der Waals surface area contributed by atoms with E-state index in [0.717, 1.165) is 31.4 Å². The van der Waals surface area contributed by atoms with Crippen molar-refractivity contribution in [2.24, 2.45) is 0 Å². The highest BCUT2D eigenvalue weighted by Gasteiger charge is 2.09. The predicted molar refractivity (Wildman–Crippen MR) is 85.3 cm³/mol. The first-order valence-corrected chi connectivity index (χ1v) is 8.36. The van der Waals surface area contributed by atoms with Gasteiger partial charge in [0, 0.05) is 6.04 Å². The molecule has 1 aromatic carbocycles. The van der Waals surface area contributed by atoms with Crippen LogP contribution in [0.4, 0.5) is 0 Å². The molecule has 0 spiro atoms. The lowest BCUT2D eigenvalue weighted by atomic mass is 9.97. The maximum atomic E-state index is 5.71. The molecule has 2 rings (SSSR count). The molecule has 0 radical (unpaired) electrons. The highest BCUT2D eigenvalue weighted by atomic mass is 16.5. The summed E-state index contributed by atoms with van der Waals surface area (Å²) in [6.07, 6.45) is 12.2. The minimum atomic E-state index is 0.769. The van der Waals surface area contributed by atoms with E-state index in [1.807, 2.05) is 30.3 Å². The largest absolute Gasteiger partial charge is 0.494 e. The van der Waals surface area contributed by atoms with E-state index in [2.05, 4.69) is 5.32 Å². The fourth-order valence-electron chi connectivity index (χ4n) is 2.90. The van der Waals surface area contributed by atoms with Gasteiger partial charge < -0.3 is 10.1 Å². The van der Waals surface area contributed by atoms with Gasteiger partial charge in [0.25, 0.3) is 0 Å². The molecule has 0 heterocycles. The van der Waals surface area contributed by atoms with Crippen LogP contribution in [0.15, 0.2) is 30.3 Å². The zero-order valence-electron chi connectivity index (χ0n) is 12.7. The maximum absolute atomic E-state index is 5.71. The van der Waals surface area contributed by atoms with E-state index in [1.54, 1.807) is 0 Å². The number of rotatable bonds is 7. The lowest BCUT2D eigenvalue weighted by Crippen LogP contribution is -2.30. The van der Waals surface area contributed by atoms with Crippen molar-refractivity contribution in [1.29, 1.82) is 0 Å². The van der Waals surface area contributed by atoms with Crippen molar-refractivity contribution in [2.75, 3.05) is 13.2 Å². The van der Waals surface area contributed by atoms with Crippen LogP contribution in [0.25, 0.3) is 0 Å². The molecule has 0 unspecified atom stereocenters. The van der Waals surface area contributed by atoms with Gasteiger partial charge in [-0.1, -0.05) is 50.3 Å². The molecule has 20 heavy (non-hydrogen) atoms. The van der Waals surface area contributed by atoms with Gasteiger partial charge in [-0.3, -0.25) is 0 Å². The molecule has 0 bridgehead atoms. The van der Waals surface area contributed by atoms with Crippen molar-refractivity contribution in [3.8, 4) is 5.75 Å². The van der Waals surface area contributed by atoms with Gasteiger partial charge in [-0.2, -0.15) is 0 Å². The second-order valence-electron chi connectivity index (χ2n) is 5.86. The molecule has 0 aliphatic heterocycles. The molecule has 1 aliphatic rings. The zero-order valence-corrected chi connectivity index (χ0v) is 12.7. The molecule has 0 aromatic heterocycles. The normalized spacial score (nSPS) is 17.4. The molecule has 1 aromatic rings. The SMILES string of the molecule is c1ccc(OCCCCNC2CCCCCCC2)cc1. The third-order valence-corrected chi connectivity index (χ3v) is 4.12. The third-order valence-electron chi connectivity index (χ3n) is 4.12. The first kappa shape index (κ1) is 15.4. The van der Waals surface area contributed by atoms with Gasteiger partial charge in [-0.15, -0.1) is 0 Å². The summed E-state index contributed by atoms with van der Waals surface area (Å²) in [6, 6.07) is 10.9. The minimum Gasteiger partial charge on any atom is -0.494 e. The molecule has 1 fully saturated rings. The number of para-hydroxylation sites is 1. The van der Waals surface area contributed by atoms with Crippen molar-refractivity contribution in [3.05, 3.63) is 30.3 Å². The summed E-state index contributed by atoms with van der Waals surface area (Å²) in [4.78, 5) is 0. The molecule has 112 valence electrons. The van der Waals surface area contributed by atoms with E-state index in [-0.39, 0.29) is 0 Å². The number of hydrogen-bond acceptors (Lipinski definition) is 2. The highest BCUT2D eigenvalue weighted by molar-refractivity contribution is 5.20. The minimum absolute atomic E-state index is 0.769. The number of ether oxygens (including phenoxy) is 1. The quantitative estimate of drug-likeness (QED) is 0.737. The van der Waals surface area contributed by atoms with Gasteiger partial charge in [-0.05, 0) is 44.4 Å². The van der Waals surface area contributed by atoms with Gasteiger partial charge in [-0.25, -0.2) is 0 Å². The number of hydrogen-bond donors (Lipinski definition) is 1. The van der Waals surface area contributed by atoms with Crippen LogP contribution in [0.3, 0.4) is 0 Å². The van der Waals surface area contributed by atoms with Gasteiger partial charge in [0.2, 0.25) is 0 Å². The Labute approximate surface area is 123 Å². The molecule has 2 nitrogen and oxygen atoms in total. The first-order valence-electron chi connectivity index (χ1n) is 8.36. The van der Waals surface area contributed by atoms with Gasteiger partial charge in [0.05, 0.1) is 6.61 Å². The van der Waals surface area contributed by atoms with Crippen LogP contribution in [0.5, 0.6) is 5.75 Å². The van der Waals surface area contributed by atoms with E-state index in [9.17, 15) is 0 Å². The number of nitrogens with one attached hydrogen (secondary N) is 1. The number of unbranched alkanes of at least 4 members (excludes halogenated alkanes) is 1.